The molecule has 1 amide bonds. The lowest BCUT2D eigenvalue weighted by Crippen LogP contribution is -2.50. The monoisotopic (exact) mass is 250 g/mol. The number of amides is 1. The molecule has 0 saturated carbocycles. The zero-order chi connectivity index (χ0) is 13.3. The number of aliphatic hydroxyl groups is 1. The first-order chi connectivity index (χ1) is 8.40. The lowest BCUT2D eigenvalue weighted by Gasteiger charge is -2.41. The van der Waals surface area contributed by atoms with Crippen molar-refractivity contribution in [2.24, 2.45) is 5.41 Å². The average Bonchev–Trinajstić information content (AvgIpc) is 2.33. The molecule has 1 aliphatic heterocycles. The van der Waals surface area contributed by atoms with E-state index in [0.29, 0.717) is 25.1 Å². The summed E-state index contributed by atoms with van der Waals surface area (Å²) in [5.41, 5.74) is -0.0430. The van der Waals surface area contributed by atoms with Crippen molar-refractivity contribution in [2.45, 2.75) is 26.4 Å². The molecule has 1 saturated heterocycles. The number of carbonyl (C=O) groups excluding carboxylic acids is 1. The SMILES string of the molecule is CC1(C)CN(C(=O)c2ccc(=O)[nH]c2)CCC1O. The molecule has 1 atom stereocenters. The van der Waals surface area contributed by atoms with Gasteiger partial charge in [0.25, 0.3) is 5.91 Å². The molecule has 5 nitrogen and oxygen atoms in total. The number of rotatable bonds is 1. The summed E-state index contributed by atoms with van der Waals surface area (Å²) in [6.45, 7) is 4.96. The fourth-order valence-corrected chi connectivity index (χ4v) is 2.24. The van der Waals surface area contributed by atoms with Gasteiger partial charge in [-0.1, -0.05) is 13.8 Å². The largest absolute Gasteiger partial charge is 0.392 e. The van der Waals surface area contributed by atoms with E-state index < -0.39 is 0 Å². The normalized spacial score (nSPS) is 22.8. The van der Waals surface area contributed by atoms with Crippen LogP contribution >= 0.6 is 0 Å². The van der Waals surface area contributed by atoms with Crippen molar-refractivity contribution in [1.29, 1.82) is 0 Å². The highest BCUT2D eigenvalue weighted by molar-refractivity contribution is 5.93. The smallest absolute Gasteiger partial charge is 0.255 e. The number of aromatic amines is 1. The second-order valence-corrected chi connectivity index (χ2v) is 5.46. The Kier molecular flexibility index (Phi) is 3.26. The van der Waals surface area contributed by atoms with E-state index in [1.807, 2.05) is 13.8 Å². The fourth-order valence-electron chi connectivity index (χ4n) is 2.24. The minimum atomic E-state index is -0.378. The summed E-state index contributed by atoms with van der Waals surface area (Å²) < 4.78 is 0. The summed E-state index contributed by atoms with van der Waals surface area (Å²) in [7, 11) is 0. The predicted octanol–water partition coefficient (Wildman–Crippen LogP) is 0.608. The molecule has 0 radical (unpaired) electrons. The van der Waals surface area contributed by atoms with Gasteiger partial charge in [0.1, 0.15) is 0 Å². The van der Waals surface area contributed by atoms with Crippen molar-refractivity contribution in [3.05, 3.63) is 34.2 Å². The molecule has 18 heavy (non-hydrogen) atoms. The van der Waals surface area contributed by atoms with E-state index in [1.54, 1.807) is 4.90 Å². The van der Waals surface area contributed by atoms with Gasteiger partial charge in [-0.3, -0.25) is 9.59 Å². The summed E-state index contributed by atoms with van der Waals surface area (Å²) in [6.07, 6.45) is 1.64. The van der Waals surface area contributed by atoms with Crippen LogP contribution in [0.4, 0.5) is 0 Å². The Morgan fingerprint density at radius 3 is 2.78 bits per heavy atom. The zero-order valence-corrected chi connectivity index (χ0v) is 10.6. The molecule has 1 aliphatic rings. The molecule has 1 unspecified atom stereocenters. The Morgan fingerprint density at radius 1 is 1.50 bits per heavy atom. The lowest BCUT2D eigenvalue weighted by atomic mass is 9.81. The van der Waals surface area contributed by atoms with E-state index >= 15 is 0 Å². The van der Waals surface area contributed by atoms with Crippen LogP contribution in [0.1, 0.15) is 30.6 Å². The molecule has 98 valence electrons. The van der Waals surface area contributed by atoms with Crippen LogP contribution in [0.2, 0.25) is 0 Å². The highest BCUT2D eigenvalue weighted by Crippen LogP contribution is 2.29. The van der Waals surface area contributed by atoms with Gasteiger partial charge in [-0.05, 0) is 12.5 Å². The summed E-state index contributed by atoms with van der Waals surface area (Å²) >= 11 is 0. The van der Waals surface area contributed by atoms with Crippen molar-refractivity contribution < 1.29 is 9.90 Å². The number of nitrogens with zero attached hydrogens (tertiary/aromatic N) is 1. The minimum Gasteiger partial charge on any atom is -0.392 e. The van der Waals surface area contributed by atoms with Crippen LogP contribution in [0.5, 0.6) is 0 Å². The van der Waals surface area contributed by atoms with E-state index in [-0.39, 0.29) is 23.0 Å². The number of aliphatic hydroxyl groups excluding tert-OH is 1. The predicted molar refractivity (Wildman–Crippen MR) is 67.4 cm³/mol. The maximum atomic E-state index is 12.2. The van der Waals surface area contributed by atoms with Gasteiger partial charge in [-0.2, -0.15) is 0 Å². The molecule has 5 heteroatoms. The molecule has 2 rings (SSSR count). The molecule has 0 aromatic carbocycles. The zero-order valence-electron chi connectivity index (χ0n) is 10.6. The second kappa shape index (κ2) is 4.57. The number of aromatic nitrogens is 1. The molecule has 1 fully saturated rings. The number of carbonyl (C=O) groups is 1. The Bertz CT molecular complexity index is 487. The number of likely N-dealkylation sites (tertiary alicyclic amines) is 1. The second-order valence-electron chi connectivity index (χ2n) is 5.46. The summed E-state index contributed by atoms with van der Waals surface area (Å²) in [6, 6.07) is 2.87. The van der Waals surface area contributed by atoms with Gasteiger partial charge in [-0.15, -0.1) is 0 Å². The highest BCUT2D eigenvalue weighted by Gasteiger charge is 2.36. The van der Waals surface area contributed by atoms with Crippen molar-refractivity contribution in [2.75, 3.05) is 13.1 Å². The van der Waals surface area contributed by atoms with Crippen molar-refractivity contribution in [3.63, 3.8) is 0 Å². The van der Waals surface area contributed by atoms with Crippen LogP contribution in [0, 0.1) is 5.41 Å². The third-order valence-electron chi connectivity index (χ3n) is 3.49. The molecule has 1 aromatic rings. The molecule has 0 aliphatic carbocycles. The van der Waals surface area contributed by atoms with Crippen LogP contribution in [-0.2, 0) is 0 Å². The molecular formula is C13H18N2O3. The van der Waals surface area contributed by atoms with Crippen LogP contribution in [-0.4, -0.2) is 40.1 Å². The number of hydrogen-bond acceptors (Lipinski definition) is 3. The Hall–Kier alpha value is -1.62. The van der Waals surface area contributed by atoms with Gasteiger partial charge in [0.15, 0.2) is 0 Å². The molecule has 0 bridgehead atoms. The summed E-state index contributed by atoms with van der Waals surface area (Å²) in [5, 5.41) is 9.86. The maximum absolute atomic E-state index is 12.2. The van der Waals surface area contributed by atoms with E-state index in [2.05, 4.69) is 4.98 Å². The first-order valence-corrected chi connectivity index (χ1v) is 6.06. The first-order valence-electron chi connectivity index (χ1n) is 6.06. The Morgan fingerprint density at radius 2 is 2.22 bits per heavy atom. The van der Waals surface area contributed by atoms with Gasteiger partial charge >= 0.3 is 0 Å². The van der Waals surface area contributed by atoms with Crippen molar-refractivity contribution >= 4 is 5.91 Å². The summed E-state index contributed by atoms with van der Waals surface area (Å²) in [5.74, 6) is -0.105. The average molecular weight is 250 g/mol. The van der Waals surface area contributed by atoms with E-state index in [4.69, 9.17) is 0 Å². The number of hydrogen-bond donors (Lipinski definition) is 2. The molecule has 0 spiro atoms. The van der Waals surface area contributed by atoms with Gasteiger partial charge in [-0.25, -0.2) is 0 Å². The standard InChI is InChI=1S/C13H18N2O3/c1-13(2)8-15(6-5-10(13)16)12(18)9-3-4-11(17)14-7-9/h3-4,7,10,16H,5-6,8H2,1-2H3,(H,14,17). The molecular weight excluding hydrogens is 232 g/mol. The van der Waals surface area contributed by atoms with Gasteiger partial charge in [0.05, 0.1) is 11.7 Å². The number of H-pyrrole nitrogens is 1. The quantitative estimate of drug-likeness (QED) is 0.767. The maximum Gasteiger partial charge on any atom is 0.255 e. The number of pyridine rings is 1. The molecule has 1 aromatic heterocycles. The van der Waals surface area contributed by atoms with Gasteiger partial charge < -0.3 is 15.0 Å². The molecule has 2 N–H and O–H groups in total. The lowest BCUT2D eigenvalue weighted by molar-refractivity contribution is -0.0182. The van der Waals surface area contributed by atoms with Crippen LogP contribution in [0.25, 0.3) is 0 Å². The Balaban J connectivity index is 2.15. The highest BCUT2D eigenvalue weighted by atomic mass is 16.3. The van der Waals surface area contributed by atoms with Crippen LogP contribution in [0.3, 0.4) is 0 Å². The van der Waals surface area contributed by atoms with E-state index in [9.17, 15) is 14.7 Å². The van der Waals surface area contributed by atoms with Crippen LogP contribution < -0.4 is 5.56 Å². The number of nitrogens with one attached hydrogen (secondary N) is 1. The Labute approximate surface area is 105 Å². The fraction of sp³-hybridized carbons (Fsp3) is 0.538. The van der Waals surface area contributed by atoms with Crippen molar-refractivity contribution in [3.8, 4) is 0 Å². The third kappa shape index (κ3) is 2.46. The van der Waals surface area contributed by atoms with Crippen LogP contribution in [0.15, 0.2) is 23.1 Å². The van der Waals surface area contributed by atoms with Gasteiger partial charge in [0.2, 0.25) is 5.56 Å². The molecule has 2 heterocycles. The summed E-state index contributed by atoms with van der Waals surface area (Å²) in [4.78, 5) is 27.4. The van der Waals surface area contributed by atoms with Gasteiger partial charge in [0, 0.05) is 30.8 Å². The van der Waals surface area contributed by atoms with E-state index in [0.717, 1.165) is 0 Å². The third-order valence-corrected chi connectivity index (χ3v) is 3.49. The topological polar surface area (TPSA) is 73.4 Å². The first kappa shape index (κ1) is 12.8. The number of piperidine rings is 1. The van der Waals surface area contributed by atoms with E-state index in [1.165, 1.54) is 18.3 Å². The minimum absolute atomic E-state index is 0.105. The van der Waals surface area contributed by atoms with Crippen molar-refractivity contribution in [1.82, 2.24) is 9.88 Å².